The summed E-state index contributed by atoms with van der Waals surface area (Å²) in [4.78, 5) is 4.74. The average molecular weight is 274 g/mol. The Morgan fingerprint density at radius 2 is 1.95 bits per heavy atom. The minimum absolute atomic E-state index is 0.322. The number of aryl methyl sites for hydroxylation is 1. The van der Waals surface area contributed by atoms with Gasteiger partial charge in [-0.05, 0) is 35.4 Å². The number of fused-ring (bicyclic) bond motifs is 1. The number of aromatic nitrogens is 2. The molecule has 2 aromatic rings. The quantitative estimate of drug-likeness (QED) is 0.732. The molecular weight excluding hydrogens is 248 g/mol. The second-order valence-corrected chi connectivity index (χ2v) is 12.1. The molecule has 0 amide bonds. The van der Waals surface area contributed by atoms with E-state index in [9.17, 15) is 0 Å². The molecule has 0 fully saturated rings. The van der Waals surface area contributed by atoms with Crippen molar-refractivity contribution in [3.63, 3.8) is 0 Å². The minimum atomic E-state index is -1.57. The number of pyridine rings is 1. The molecule has 0 aromatic carbocycles. The maximum Gasteiger partial charge on any atom is 0.163 e. The van der Waals surface area contributed by atoms with Crippen molar-refractivity contribution in [1.82, 2.24) is 9.22 Å². The van der Waals surface area contributed by atoms with E-state index in [4.69, 9.17) is 4.98 Å². The van der Waals surface area contributed by atoms with Crippen LogP contribution in [0.15, 0.2) is 24.5 Å². The molecule has 0 bridgehead atoms. The smallest absolute Gasteiger partial charge is 0.163 e. The molecule has 3 heteroatoms. The van der Waals surface area contributed by atoms with Gasteiger partial charge in [0.25, 0.3) is 0 Å². The van der Waals surface area contributed by atoms with Gasteiger partial charge in [0.2, 0.25) is 0 Å². The second kappa shape index (κ2) is 4.78. The van der Waals surface area contributed by atoms with Crippen LogP contribution in [0.25, 0.3) is 11.0 Å². The van der Waals surface area contributed by atoms with Gasteiger partial charge in [-0.2, -0.15) is 0 Å². The largest absolute Gasteiger partial charge is 0.359 e. The van der Waals surface area contributed by atoms with Crippen molar-refractivity contribution in [2.75, 3.05) is 0 Å². The first-order chi connectivity index (χ1) is 8.77. The van der Waals surface area contributed by atoms with E-state index < -0.39 is 8.24 Å². The van der Waals surface area contributed by atoms with Gasteiger partial charge in [0, 0.05) is 11.6 Å². The highest BCUT2D eigenvalue weighted by Crippen LogP contribution is 2.38. The first kappa shape index (κ1) is 14.3. The molecule has 104 valence electrons. The van der Waals surface area contributed by atoms with Crippen molar-refractivity contribution in [3.8, 4) is 0 Å². The van der Waals surface area contributed by atoms with Crippen LogP contribution in [-0.2, 0) is 6.42 Å². The third-order valence-corrected chi connectivity index (χ3v) is 9.80. The van der Waals surface area contributed by atoms with E-state index in [0.29, 0.717) is 5.04 Å². The summed E-state index contributed by atoms with van der Waals surface area (Å²) < 4.78 is 2.46. The maximum atomic E-state index is 4.74. The Bertz CT molecular complexity index is 576. The lowest BCUT2D eigenvalue weighted by Crippen LogP contribution is -2.45. The van der Waals surface area contributed by atoms with E-state index in [1.165, 1.54) is 17.4 Å². The van der Waals surface area contributed by atoms with Gasteiger partial charge >= 0.3 is 0 Å². The molecule has 0 atom stereocenters. The summed E-state index contributed by atoms with van der Waals surface area (Å²) in [6.45, 7) is 14.1. The lowest BCUT2D eigenvalue weighted by atomic mass is 10.1. The average Bonchev–Trinajstić information content (AvgIpc) is 2.71. The first-order valence-corrected chi connectivity index (χ1v) is 10.2. The molecule has 2 aromatic heterocycles. The van der Waals surface area contributed by atoms with Crippen LogP contribution in [0.2, 0.25) is 18.1 Å². The fourth-order valence-corrected chi connectivity index (χ4v) is 4.19. The van der Waals surface area contributed by atoms with Crippen LogP contribution in [-0.4, -0.2) is 17.5 Å². The summed E-state index contributed by atoms with van der Waals surface area (Å²) in [6, 6.07) is 4.53. The molecule has 2 heterocycles. The minimum Gasteiger partial charge on any atom is -0.359 e. The summed E-state index contributed by atoms with van der Waals surface area (Å²) in [6.07, 6.45) is 6.59. The highest BCUT2D eigenvalue weighted by atomic mass is 28.3. The van der Waals surface area contributed by atoms with Crippen LogP contribution in [0.1, 0.15) is 39.7 Å². The van der Waals surface area contributed by atoms with E-state index in [1.807, 2.05) is 0 Å². The Morgan fingerprint density at radius 1 is 1.26 bits per heavy atom. The molecule has 0 N–H and O–H groups in total. The van der Waals surface area contributed by atoms with Crippen LogP contribution >= 0.6 is 0 Å². The molecule has 2 rings (SSSR count). The Balaban J connectivity index is 2.52. The topological polar surface area (TPSA) is 17.8 Å². The number of hydrogen-bond acceptors (Lipinski definition) is 1. The van der Waals surface area contributed by atoms with Crippen LogP contribution in [0.5, 0.6) is 0 Å². The van der Waals surface area contributed by atoms with Crippen molar-refractivity contribution in [3.05, 3.63) is 30.1 Å². The van der Waals surface area contributed by atoms with Gasteiger partial charge < -0.3 is 4.23 Å². The number of nitrogens with zero attached hydrogens (tertiary/aromatic N) is 2. The van der Waals surface area contributed by atoms with E-state index in [-0.39, 0.29) is 0 Å². The highest BCUT2D eigenvalue weighted by molar-refractivity contribution is 6.79. The predicted molar refractivity (Wildman–Crippen MR) is 86.3 cm³/mol. The van der Waals surface area contributed by atoms with Gasteiger partial charge in [-0.15, -0.1) is 0 Å². The van der Waals surface area contributed by atoms with Crippen LogP contribution in [0, 0.1) is 0 Å². The van der Waals surface area contributed by atoms with Crippen LogP contribution in [0.4, 0.5) is 0 Å². The SMILES string of the molecule is CCCc1cnc2c(ccn2[Si](C)(C)C(C)(C)C)c1. The van der Waals surface area contributed by atoms with Crippen molar-refractivity contribution < 1.29 is 0 Å². The Kier molecular flexibility index (Phi) is 3.60. The monoisotopic (exact) mass is 274 g/mol. The summed E-state index contributed by atoms with van der Waals surface area (Å²) >= 11 is 0. The zero-order chi connectivity index (χ0) is 14.3. The summed E-state index contributed by atoms with van der Waals surface area (Å²) in [5.74, 6) is 0. The summed E-state index contributed by atoms with van der Waals surface area (Å²) in [5.41, 5.74) is 2.51. The normalized spacial score (nSPS) is 13.2. The molecule has 2 nitrogen and oxygen atoms in total. The van der Waals surface area contributed by atoms with Gasteiger partial charge in [0.1, 0.15) is 5.65 Å². The number of rotatable bonds is 3. The molecule has 0 aliphatic heterocycles. The molecule has 0 saturated heterocycles. The van der Waals surface area contributed by atoms with Gasteiger partial charge in [0.15, 0.2) is 8.24 Å². The third-order valence-electron chi connectivity index (χ3n) is 4.56. The molecule has 0 aliphatic carbocycles. The Hall–Kier alpha value is -1.09. The maximum absolute atomic E-state index is 4.74. The molecule has 0 saturated carbocycles. The molecule has 0 spiro atoms. The van der Waals surface area contributed by atoms with E-state index in [0.717, 1.165) is 12.1 Å². The van der Waals surface area contributed by atoms with Crippen molar-refractivity contribution in [1.29, 1.82) is 0 Å². The second-order valence-electron chi connectivity index (χ2n) is 7.00. The van der Waals surface area contributed by atoms with Crippen molar-refractivity contribution in [2.24, 2.45) is 0 Å². The zero-order valence-corrected chi connectivity index (χ0v) is 14.1. The van der Waals surface area contributed by atoms with E-state index >= 15 is 0 Å². The van der Waals surface area contributed by atoms with Crippen LogP contribution in [0.3, 0.4) is 0 Å². The van der Waals surface area contributed by atoms with Gasteiger partial charge in [-0.1, -0.05) is 47.2 Å². The van der Waals surface area contributed by atoms with E-state index in [1.54, 1.807) is 0 Å². The van der Waals surface area contributed by atoms with Gasteiger partial charge in [-0.25, -0.2) is 4.98 Å². The molecule has 0 aliphatic rings. The predicted octanol–water partition coefficient (Wildman–Crippen LogP) is 4.84. The fraction of sp³-hybridized carbons (Fsp3) is 0.562. The van der Waals surface area contributed by atoms with Crippen LogP contribution < -0.4 is 0 Å². The molecule has 0 unspecified atom stereocenters. The van der Waals surface area contributed by atoms with Crippen molar-refractivity contribution >= 4 is 19.3 Å². The van der Waals surface area contributed by atoms with Crippen molar-refractivity contribution in [2.45, 2.75) is 58.7 Å². The standard InChI is InChI=1S/C16H26N2Si/c1-7-8-13-11-14-9-10-18(15(14)17-12-13)19(5,6)16(2,3)4/h9-12H,7-8H2,1-6H3. The number of hydrogen-bond donors (Lipinski definition) is 0. The Morgan fingerprint density at radius 3 is 2.53 bits per heavy atom. The van der Waals surface area contributed by atoms with Gasteiger partial charge in [-0.3, -0.25) is 0 Å². The summed E-state index contributed by atoms with van der Waals surface area (Å²) in [7, 11) is -1.57. The fourth-order valence-electron chi connectivity index (χ4n) is 2.31. The van der Waals surface area contributed by atoms with Gasteiger partial charge in [0.05, 0.1) is 0 Å². The Labute approximate surface area is 117 Å². The lowest BCUT2D eigenvalue weighted by molar-refractivity contribution is 0.702. The molecule has 0 radical (unpaired) electrons. The summed E-state index contributed by atoms with van der Waals surface area (Å²) in [5, 5.41) is 1.61. The lowest BCUT2D eigenvalue weighted by Gasteiger charge is -2.38. The zero-order valence-electron chi connectivity index (χ0n) is 13.1. The highest BCUT2D eigenvalue weighted by Gasteiger charge is 2.38. The third kappa shape index (κ3) is 2.48. The van der Waals surface area contributed by atoms with E-state index in [2.05, 4.69) is 69.5 Å². The molecular formula is C16H26N2Si. The molecule has 19 heavy (non-hydrogen) atoms. The first-order valence-electron chi connectivity index (χ1n) is 7.24.